The van der Waals surface area contributed by atoms with E-state index in [-0.39, 0.29) is 0 Å². The first kappa shape index (κ1) is 23.8. The zero-order chi connectivity index (χ0) is 24.6. The molecule has 0 saturated heterocycles. The molecule has 35 heavy (non-hydrogen) atoms. The van der Waals surface area contributed by atoms with Gasteiger partial charge in [0, 0.05) is 10.7 Å². The van der Waals surface area contributed by atoms with Gasteiger partial charge in [0.2, 0.25) is 0 Å². The molecule has 2 amide bonds. The van der Waals surface area contributed by atoms with Crippen molar-refractivity contribution in [1.82, 2.24) is 5.43 Å². The summed E-state index contributed by atoms with van der Waals surface area (Å²) in [5.41, 5.74) is 4.36. The van der Waals surface area contributed by atoms with E-state index in [0.717, 1.165) is 16.3 Å². The standard InChI is InChI=1S/C27H22ClN3O4/c1-34-25-15-18(16-29-31-27(33)26(32)30-22-12-10-21(28)11-13-22)9-14-24(25)35-17-20-7-4-6-19-5-2-3-8-23(19)20/h2-16H,17H2,1H3,(H,30,32)(H,31,33)/b29-16+. The normalized spacial score (nSPS) is 10.8. The van der Waals surface area contributed by atoms with Crippen molar-refractivity contribution < 1.29 is 19.1 Å². The Morgan fingerprint density at radius 3 is 2.49 bits per heavy atom. The van der Waals surface area contributed by atoms with Crippen LogP contribution in [0.3, 0.4) is 0 Å². The Labute approximate surface area is 207 Å². The van der Waals surface area contributed by atoms with Gasteiger partial charge >= 0.3 is 11.8 Å². The average molecular weight is 488 g/mol. The summed E-state index contributed by atoms with van der Waals surface area (Å²) in [5, 5.41) is 9.12. The third kappa shape index (κ3) is 6.16. The second kappa shape index (κ2) is 11.2. The van der Waals surface area contributed by atoms with Gasteiger partial charge in [-0.15, -0.1) is 0 Å². The number of hydrogen-bond acceptors (Lipinski definition) is 5. The van der Waals surface area contributed by atoms with Gasteiger partial charge in [0.15, 0.2) is 11.5 Å². The van der Waals surface area contributed by atoms with E-state index in [1.807, 2.05) is 24.3 Å². The number of anilines is 1. The lowest BCUT2D eigenvalue weighted by molar-refractivity contribution is -0.136. The van der Waals surface area contributed by atoms with Crippen molar-refractivity contribution in [3.63, 3.8) is 0 Å². The smallest absolute Gasteiger partial charge is 0.329 e. The number of methoxy groups -OCH3 is 1. The molecule has 0 fully saturated rings. The summed E-state index contributed by atoms with van der Waals surface area (Å²) in [6, 6.07) is 25.9. The number of nitrogens with one attached hydrogen (secondary N) is 2. The van der Waals surface area contributed by atoms with E-state index in [2.05, 4.69) is 34.0 Å². The van der Waals surface area contributed by atoms with Gasteiger partial charge < -0.3 is 14.8 Å². The van der Waals surface area contributed by atoms with Gasteiger partial charge in [0.1, 0.15) is 6.61 Å². The van der Waals surface area contributed by atoms with Crippen LogP contribution in [0.15, 0.2) is 90.0 Å². The molecule has 7 nitrogen and oxygen atoms in total. The molecule has 2 N–H and O–H groups in total. The Bertz CT molecular complexity index is 1380. The Hall–Kier alpha value is -4.36. The monoisotopic (exact) mass is 487 g/mol. The molecule has 4 aromatic rings. The second-order valence-corrected chi connectivity index (χ2v) is 7.93. The van der Waals surface area contributed by atoms with Crippen LogP contribution in [0.4, 0.5) is 5.69 Å². The maximum Gasteiger partial charge on any atom is 0.329 e. The van der Waals surface area contributed by atoms with Crippen molar-refractivity contribution in [2.75, 3.05) is 12.4 Å². The minimum Gasteiger partial charge on any atom is -0.493 e. The first-order chi connectivity index (χ1) is 17.0. The van der Waals surface area contributed by atoms with Crippen LogP contribution in [0.5, 0.6) is 11.5 Å². The number of hydrogen-bond donors (Lipinski definition) is 2. The predicted molar refractivity (Wildman–Crippen MR) is 137 cm³/mol. The van der Waals surface area contributed by atoms with Gasteiger partial charge in [0.25, 0.3) is 0 Å². The minimum absolute atomic E-state index is 0.379. The Morgan fingerprint density at radius 1 is 0.914 bits per heavy atom. The lowest BCUT2D eigenvalue weighted by atomic mass is 10.1. The number of carbonyl (C=O) groups excluding carboxylic acids is 2. The first-order valence-corrected chi connectivity index (χ1v) is 11.1. The van der Waals surface area contributed by atoms with E-state index in [9.17, 15) is 9.59 Å². The summed E-state index contributed by atoms with van der Waals surface area (Å²) in [6.07, 6.45) is 1.41. The number of benzene rings is 4. The Morgan fingerprint density at radius 2 is 1.69 bits per heavy atom. The number of halogens is 1. The zero-order valence-corrected chi connectivity index (χ0v) is 19.6. The molecule has 8 heteroatoms. The zero-order valence-electron chi connectivity index (χ0n) is 18.8. The van der Waals surface area contributed by atoms with Crippen molar-refractivity contribution in [1.29, 1.82) is 0 Å². The molecule has 0 aliphatic heterocycles. The molecule has 4 rings (SSSR count). The summed E-state index contributed by atoms with van der Waals surface area (Å²) in [5.74, 6) is -0.664. The van der Waals surface area contributed by atoms with Crippen LogP contribution in [0, 0.1) is 0 Å². The molecule has 0 aromatic heterocycles. The molecule has 176 valence electrons. The highest BCUT2D eigenvalue weighted by molar-refractivity contribution is 6.39. The van der Waals surface area contributed by atoms with Gasteiger partial charge in [-0.25, -0.2) is 5.43 Å². The number of nitrogens with zero attached hydrogens (tertiary/aromatic N) is 1. The van der Waals surface area contributed by atoms with E-state index in [1.165, 1.54) is 6.21 Å². The molecule has 0 atom stereocenters. The number of amides is 2. The predicted octanol–water partition coefficient (Wildman–Crippen LogP) is 5.17. The average Bonchev–Trinajstić information content (AvgIpc) is 2.89. The van der Waals surface area contributed by atoms with E-state index in [0.29, 0.717) is 34.4 Å². The Balaban J connectivity index is 1.36. The molecular formula is C27H22ClN3O4. The summed E-state index contributed by atoms with van der Waals surface area (Å²) < 4.78 is 11.5. The number of carbonyl (C=O) groups is 2. The van der Waals surface area contributed by atoms with Crippen molar-refractivity contribution in [2.45, 2.75) is 6.61 Å². The molecule has 4 aromatic carbocycles. The summed E-state index contributed by atoms with van der Waals surface area (Å²) in [4.78, 5) is 24.0. The molecule has 0 bridgehead atoms. The van der Waals surface area contributed by atoms with Crippen LogP contribution < -0.4 is 20.2 Å². The molecule has 0 unspecified atom stereocenters. The topological polar surface area (TPSA) is 89.0 Å². The fraction of sp³-hybridized carbons (Fsp3) is 0.0741. The van der Waals surface area contributed by atoms with Crippen LogP contribution >= 0.6 is 11.6 Å². The molecule has 0 spiro atoms. The van der Waals surface area contributed by atoms with E-state index >= 15 is 0 Å². The molecule has 0 aliphatic rings. The summed E-state index contributed by atoms with van der Waals surface area (Å²) in [7, 11) is 1.55. The van der Waals surface area contributed by atoms with Crippen LogP contribution in [0.25, 0.3) is 10.8 Å². The number of hydrazone groups is 1. The SMILES string of the molecule is COc1cc(/C=N/NC(=O)C(=O)Nc2ccc(Cl)cc2)ccc1OCc1cccc2ccccc12. The van der Waals surface area contributed by atoms with Crippen molar-refractivity contribution >= 4 is 46.1 Å². The first-order valence-electron chi connectivity index (χ1n) is 10.7. The quantitative estimate of drug-likeness (QED) is 0.214. The highest BCUT2D eigenvalue weighted by atomic mass is 35.5. The maximum atomic E-state index is 12.0. The third-order valence-corrected chi connectivity index (χ3v) is 5.39. The van der Waals surface area contributed by atoms with E-state index in [1.54, 1.807) is 49.6 Å². The molecule has 0 saturated carbocycles. The van der Waals surface area contributed by atoms with E-state index < -0.39 is 11.8 Å². The molecule has 0 heterocycles. The fourth-order valence-corrected chi connectivity index (χ4v) is 3.52. The minimum atomic E-state index is -0.904. The van der Waals surface area contributed by atoms with Crippen LogP contribution in [0.1, 0.15) is 11.1 Å². The number of ether oxygens (including phenoxy) is 2. The van der Waals surface area contributed by atoms with Gasteiger partial charge in [0.05, 0.1) is 13.3 Å². The molecular weight excluding hydrogens is 466 g/mol. The van der Waals surface area contributed by atoms with Crippen LogP contribution in [0.2, 0.25) is 5.02 Å². The van der Waals surface area contributed by atoms with Gasteiger partial charge in [-0.2, -0.15) is 5.10 Å². The fourth-order valence-electron chi connectivity index (χ4n) is 3.39. The highest BCUT2D eigenvalue weighted by Gasteiger charge is 2.13. The van der Waals surface area contributed by atoms with Crippen LogP contribution in [-0.2, 0) is 16.2 Å². The summed E-state index contributed by atoms with van der Waals surface area (Å²) in [6.45, 7) is 0.379. The van der Waals surface area contributed by atoms with Gasteiger partial charge in [-0.05, 0) is 64.4 Å². The summed E-state index contributed by atoms with van der Waals surface area (Å²) >= 11 is 5.81. The third-order valence-electron chi connectivity index (χ3n) is 5.14. The lowest BCUT2D eigenvalue weighted by Gasteiger charge is -2.12. The Kier molecular flexibility index (Phi) is 7.60. The molecule has 0 radical (unpaired) electrons. The largest absolute Gasteiger partial charge is 0.493 e. The molecule has 0 aliphatic carbocycles. The van der Waals surface area contributed by atoms with E-state index in [4.69, 9.17) is 21.1 Å². The number of rotatable bonds is 7. The van der Waals surface area contributed by atoms with Gasteiger partial charge in [-0.1, -0.05) is 54.1 Å². The van der Waals surface area contributed by atoms with Crippen LogP contribution in [-0.4, -0.2) is 25.1 Å². The van der Waals surface area contributed by atoms with Crippen molar-refractivity contribution in [3.05, 3.63) is 101 Å². The second-order valence-electron chi connectivity index (χ2n) is 7.50. The lowest BCUT2D eigenvalue weighted by Crippen LogP contribution is -2.32. The van der Waals surface area contributed by atoms with Gasteiger partial charge in [-0.3, -0.25) is 9.59 Å². The maximum absolute atomic E-state index is 12.0. The van der Waals surface area contributed by atoms with Crippen molar-refractivity contribution in [3.8, 4) is 11.5 Å². The number of fused-ring (bicyclic) bond motifs is 1. The highest BCUT2D eigenvalue weighted by Crippen LogP contribution is 2.29. The van der Waals surface area contributed by atoms with Crippen molar-refractivity contribution in [2.24, 2.45) is 5.10 Å².